The maximum absolute atomic E-state index is 11.7. The van der Waals surface area contributed by atoms with Gasteiger partial charge in [0.25, 0.3) is 0 Å². The summed E-state index contributed by atoms with van der Waals surface area (Å²) >= 11 is 0. The molecule has 0 aromatic carbocycles. The van der Waals surface area contributed by atoms with Crippen LogP contribution in [0.1, 0.15) is 6.42 Å². The Morgan fingerprint density at radius 2 is 1.90 bits per heavy atom. The molecule has 1 unspecified atom stereocenters. The van der Waals surface area contributed by atoms with Crippen molar-refractivity contribution in [1.29, 1.82) is 0 Å². The van der Waals surface area contributed by atoms with Gasteiger partial charge in [-0.25, -0.2) is 0 Å². The topological polar surface area (TPSA) is 46.2 Å². The van der Waals surface area contributed by atoms with Crippen molar-refractivity contribution in [1.82, 2.24) is 0 Å². The summed E-state index contributed by atoms with van der Waals surface area (Å²) < 4.78 is 35.1. The number of nitrogens with two attached hydrogens (primary N) is 1. The molecule has 0 rings (SSSR count). The Kier molecular flexibility index (Phi) is 3.67. The minimum Gasteiger partial charge on any atom is -0.396 e. The number of alkyl halides is 3. The third-order valence-corrected chi connectivity index (χ3v) is 1.22. The van der Waals surface area contributed by atoms with Gasteiger partial charge in [-0.05, 0) is 6.42 Å². The molecular weight excluding hydrogens is 147 g/mol. The fourth-order valence-electron chi connectivity index (χ4n) is 0.571. The number of hydrogen-bond acceptors (Lipinski definition) is 2. The number of aliphatic hydroxyl groups excluding tert-OH is 1. The first-order chi connectivity index (χ1) is 4.52. The highest BCUT2D eigenvalue weighted by Gasteiger charge is 2.37. The summed E-state index contributed by atoms with van der Waals surface area (Å²) in [7, 11) is 0. The lowest BCUT2D eigenvalue weighted by atomic mass is 10.1. The highest BCUT2D eigenvalue weighted by Crippen LogP contribution is 2.27. The van der Waals surface area contributed by atoms with E-state index in [4.69, 9.17) is 10.8 Å². The summed E-state index contributed by atoms with van der Waals surface area (Å²) in [4.78, 5) is 0. The van der Waals surface area contributed by atoms with Gasteiger partial charge in [-0.15, -0.1) is 0 Å². The maximum Gasteiger partial charge on any atom is 0.393 e. The van der Waals surface area contributed by atoms with Crippen LogP contribution in [0.2, 0.25) is 0 Å². The van der Waals surface area contributed by atoms with Crippen molar-refractivity contribution in [2.75, 3.05) is 13.2 Å². The van der Waals surface area contributed by atoms with Crippen LogP contribution in [-0.2, 0) is 0 Å². The quantitative estimate of drug-likeness (QED) is 0.626. The van der Waals surface area contributed by atoms with Gasteiger partial charge in [0.15, 0.2) is 0 Å². The molecule has 3 N–H and O–H groups in total. The molecule has 0 aromatic heterocycles. The number of halogens is 3. The second-order valence-electron chi connectivity index (χ2n) is 1.99. The molecule has 1 atom stereocenters. The van der Waals surface area contributed by atoms with Crippen molar-refractivity contribution in [2.24, 2.45) is 11.7 Å². The monoisotopic (exact) mass is 157 g/mol. The molecule has 0 radical (unpaired) electrons. The van der Waals surface area contributed by atoms with Crippen LogP contribution < -0.4 is 5.73 Å². The fourth-order valence-corrected chi connectivity index (χ4v) is 0.571. The molecule has 0 heterocycles. The van der Waals surface area contributed by atoms with Crippen molar-refractivity contribution in [2.45, 2.75) is 12.6 Å². The van der Waals surface area contributed by atoms with Crippen LogP contribution in [-0.4, -0.2) is 24.4 Å². The van der Waals surface area contributed by atoms with E-state index in [9.17, 15) is 13.2 Å². The third-order valence-electron chi connectivity index (χ3n) is 1.22. The van der Waals surface area contributed by atoms with Gasteiger partial charge in [0.05, 0.1) is 5.92 Å². The van der Waals surface area contributed by atoms with E-state index >= 15 is 0 Å². The van der Waals surface area contributed by atoms with E-state index in [0.29, 0.717) is 0 Å². The fraction of sp³-hybridized carbons (Fsp3) is 1.00. The molecule has 62 valence electrons. The van der Waals surface area contributed by atoms with Gasteiger partial charge in [-0.1, -0.05) is 0 Å². The number of rotatable bonds is 3. The predicted octanol–water partition coefficient (Wildman–Crippen LogP) is 0.506. The molecule has 0 aliphatic heterocycles. The van der Waals surface area contributed by atoms with Crippen LogP contribution in [0.25, 0.3) is 0 Å². The smallest absolute Gasteiger partial charge is 0.393 e. The van der Waals surface area contributed by atoms with E-state index in [0.717, 1.165) is 0 Å². The summed E-state index contributed by atoms with van der Waals surface area (Å²) in [5, 5.41) is 8.18. The summed E-state index contributed by atoms with van der Waals surface area (Å²) in [6, 6.07) is 0. The second kappa shape index (κ2) is 3.78. The highest BCUT2D eigenvalue weighted by molar-refractivity contribution is 4.67. The van der Waals surface area contributed by atoms with E-state index in [1.54, 1.807) is 0 Å². The van der Waals surface area contributed by atoms with Gasteiger partial charge in [0, 0.05) is 13.2 Å². The third kappa shape index (κ3) is 3.03. The molecule has 0 fully saturated rings. The van der Waals surface area contributed by atoms with E-state index < -0.39 is 25.2 Å². The Balaban J connectivity index is 3.81. The molecule has 0 saturated carbocycles. The van der Waals surface area contributed by atoms with E-state index in [2.05, 4.69) is 0 Å². The second-order valence-corrected chi connectivity index (χ2v) is 1.99. The number of hydrogen-bond donors (Lipinski definition) is 2. The Bertz CT molecular complexity index is 93.4. The molecule has 2 nitrogen and oxygen atoms in total. The zero-order valence-electron chi connectivity index (χ0n) is 5.36. The highest BCUT2D eigenvalue weighted by atomic mass is 19.4. The molecule has 0 aliphatic carbocycles. The van der Waals surface area contributed by atoms with Gasteiger partial charge in [0.1, 0.15) is 0 Å². The average Bonchev–Trinajstić information content (AvgIpc) is 1.80. The summed E-state index contributed by atoms with van der Waals surface area (Å²) in [5.41, 5.74) is 4.81. The minimum absolute atomic E-state index is 0.306. The Hall–Kier alpha value is -0.290. The van der Waals surface area contributed by atoms with Crippen LogP contribution in [0, 0.1) is 5.92 Å². The first kappa shape index (κ1) is 9.71. The van der Waals surface area contributed by atoms with Crippen LogP contribution in [0.15, 0.2) is 0 Å². The van der Waals surface area contributed by atoms with Crippen LogP contribution in [0.3, 0.4) is 0 Å². The molecule has 0 bridgehead atoms. The Morgan fingerprint density at radius 1 is 1.40 bits per heavy atom. The molecule has 0 saturated heterocycles. The van der Waals surface area contributed by atoms with Crippen molar-refractivity contribution in [3.63, 3.8) is 0 Å². The lowest BCUT2D eigenvalue weighted by Gasteiger charge is -2.16. The van der Waals surface area contributed by atoms with Gasteiger partial charge in [-0.3, -0.25) is 0 Å². The Morgan fingerprint density at radius 3 is 2.00 bits per heavy atom. The molecule has 10 heavy (non-hydrogen) atoms. The van der Waals surface area contributed by atoms with E-state index in [1.165, 1.54) is 0 Å². The average molecular weight is 157 g/mol. The summed E-state index contributed by atoms with van der Waals surface area (Å²) in [6.07, 6.45) is -4.57. The lowest BCUT2D eigenvalue weighted by Crippen LogP contribution is -2.30. The van der Waals surface area contributed by atoms with Gasteiger partial charge in [-0.2, -0.15) is 13.2 Å². The maximum atomic E-state index is 11.7. The standard InChI is InChI=1S/C5H10F3NO/c6-5(7,8)4(3-9)1-2-10/h4,10H,1-3,9H2. The molecule has 0 aromatic rings. The zero-order chi connectivity index (χ0) is 8.20. The first-order valence-corrected chi connectivity index (χ1v) is 2.90. The summed E-state index contributed by atoms with van der Waals surface area (Å²) in [5.74, 6) is -1.56. The van der Waals surface area contributed by atoms with Crippen LogP contribution in [0.4, 0.5) is 13.2 Å². The van der Waals surface area contributed by atoms with Crippen LogP contribution >= 0.6 is 0 Å². The van der Waals surface area contributed by atoms with E-state index in [1.807, 2.05) is 0 Å². The predicted molar refractivity (Wildman–Crippen MR) is 30.3 cm³/mol. The van der Waals surface area contributed by atoms with Crippen molar-refractivity contribution in [3.05, 3.63) is 0 Å². The van der Waals surface area contributed by atoms with Crippen molar-refractivity contribution >= 4 is 0 Å². The molecule has 5 heteroatoms. The molecular formula is C5H10F3NO. The van der Waals surface area contributed by atoms with E-state index in [-0.39, 0.29) is 6.42 Å². The zero-order valence-corrected chi connectivity index (χ0v) is 5.36. The van der Waals surface area contributed by atoms with Gasteiger partial charge < -0.3 is 10.8 Å². The van der Waals surface area contributed by atoms with Crippen molar-refractivity contribution in [3.8, 4) is 0 Å². The van der Waals surface area contributed by atoms with Crippen molar-refractivity contribution < 1.29 is 18.3 Å². The van der Waals surface area contributed by atoms with Crippen LogP contribution in [0.5, 0.6) is 0 Å². The normalized spacial score (nSPS) is 15.3. The molecule has 0 spiro atoms. The Labute approximate surface area is 56.8 Å². The SMILES string of the molecule is NCC(CCO)C(F)(F)F. The number of aliphatic hydroxyl groups is 1. The molecule has 0 amide bonds. The largest absolute Gasteiger partial charge is 0.396 e. The minimum atomic E-state index is -4.27. The lowest BCUT2D eigenvalue weighted by molar-refractivity contribution is -0.175. The summed E-state index contributed by atoms with van der Waals surface area (Å²) in [6.45, 7) is -0.925. The van der Waals surface area contributed by atoms with Gasteiger partial charge in [0.2, 0.25) is 0 Å². The first-order valence-electron chi connectivity index (χ1n) is 2.90. The molecule has 0 aliphatic rings. The van der Waals surface area contributed by atoms with Gasteiger partial charge >= 0.3 is 6.18 Å².